The van der Waals surface area contributed by atoms with Gasteiger partial charge in [-0.3, -0.25) is 4.79 Å². The summed E-state index contributed by atoms with van der Waals surface area (Å²) in [7, 11) is 1.31. The van der Waals surface area contributed by atoms with Crippen molar-refractivity contribution in [1.29, 1.82) is 0 Å². The largest absolute Gasteiger partial charge is 0.477 e. The molecule has 1 amide bonds. The lowest BCUT2D eigenvalue weighted by molar-refractivity contribution is 0.0599. The van der Waals surface area contributed by atoms with Crippen LogP contribution in [0.15, 0.2) is 97.3 Å². The van der Waals surface area contributed by atoms with Gasteiger partial charge in [-0.15, -0.1) is 0 Å². The fraction of sp³-hybridized carbons (Fsp3) is 0.0882. The number of aromatic nitrogens is 2. The maximum absolute atomic E-state index is 13.1. The summed E-state index contributed by atoms with van der Waals surface area (Å²) in [4.78, 5) is 42.9. The van der Waals surface area contributed by atoms with Crippen LogP contribution in [0.1, 0.15) is 44.1 Å². The predicted octanol–water partition coefficient (Wildman–Crippen LogP) is 8.38. The van der Waals surface area contributed by atoms with Crippen LogP contribution in [0, 0.1) is 11.6 Å². The smallest absolute Gasteiger partial charge is 0.341 e. The molecule has 0 bridgehead atoms. The highest BCUT2D eigenvalue weighted by Gasteiger charge is 2.17. The van der Waals surface area contributed by atoms with Crippen molar-refractivity contribution < 1.29 is 42.5 Å². The van der Waals surface area contributed by atoms with Crippen molar-refractivity contribution in [3.05, 3.63) is 141 Å². The van der Waals surface area contributed by atoms with E-state index in [0.29, 0.717) is 11.3 Å². The van der Waals surface area contributed by atoms with Crippen LogP contribution >= 0.6 is 23.2 Å². The van der Waals surface area contributed by atoms with Crippen LogP contribution in [0.25, 0.3) is 0 Å². The molecule has 0 spiro atoms. The SMILES string of the molecule is C.COC(=O)c1ccc(CNC(=O)c2cc(Cl)cnc2Oc2ccc(F)cc2)cc1.O=C(O)c1cc(Cl)cnc1Oc1ccc(F)cc1. The number of nitrogens with one attached hydrogen (secondary N) is 1. The molecule has 0 saturated heterocycles. The molecule has 0 radical (unpaired) electrons. The van der Waals surface area contributed by atoms with Gasteiger partial charge in [0.1, 0.15) is 34.3 Å². The summed E-state index contributed by atoms with van der Waals surface area (Å²) < 4.78 is 41.3. The molecule has 14 heteroatoms. The van der Waals surface area contributed by atoms with E-state index >= 15 is 0 Å². The standard InChI is InChI=1S/C21H16ClFN2O4.C12H7ClFNO3.CH4/c1-28-21(27)14-4-2-13(3-5-14)11-24-19(26)18-10-15(22)12-25-20(18)29-17-8-6-16(23)7-9-17;13-7-5-10(12(16)17)11(15-6-7)18-9-3-1-8(14)2-4-9;/h2-10,12H,11H2,1H3,(H,24,26);1-6H,(H,16,17);1H4. The second-order valence-corrected chi connectivity index (χ2v) is 10.2. The van der Waals surface area contributed by atoms with E-state index in [2.05, 4.69) is 20.0 Å². The minimum Gasteiger partial charge on any atom is -0.477 e. The summed E-state index contributed by atoms with van der Waals surface area (Å²) in [6, 6.07) is 19.8. The van der Waals surface area contributed by atoms with Gasteiger partial charge in [-0.25, -0.2) is 28.3 Å². The molecular formula is C34H27Cl2F2N3O7. The number of pyridine rings is 2. The highest BCUT2D eigenvalue weighted by molar-refractivity contribution is 6.31. The maximum atomic E-state index is 13.1. The maximum Gasteiger partial charge on any atom is 0.341 e. The first kappa shape index (κ1) is 36.9. The van der Waals surface area contributed by atoms with Crippen molar-refractivity contribution in [3.8, 4) is 23.3 Å². The van der Waals surface area contributed by atoms with Gasteiger partial charge in [-0.2, -0.15) is 0 Å². The number of ether oxygens (including phenoxy) is 3. The molecule has 0 atom stereocenters. The lowest BCUT2D eigenvalue weighted by Crippen LogP contribution is -2.23. The summed E-state index contributed by atoms with van der Waals surface area (Å²) in [6.07, 6.45) is 2.62. The monoisotopic (exact) mass is 697 g/mol. The van der Waals surface area contributed by atoms with Crippen molar-refractivity contribution >= 4 is 41.0 Å². The van der Waals surface area contributed by atoms with E-state index in [0.717, 1.165) is 5.56 Å². The molecule has 10 nitrogen and oxygen atoms in total. The van der Waals surface area contributed by atoms with Crippen molar-refractivity contribution in [2.24, 2.45) is 0 Å². The van der Waals surface area contributed by atoms with E-state index in [4.69, 9.17) is 37.8 Å². The third-order valence-electron chi connectivity index (χ3n) is 5.99. The molecule has 5 aromatic rings. The second-order valence-electron chi connectivity index (χ2n) is 9.30. The number of amides is 1. The zero-order chi connectivity index (χ0) is 33.9. The van der Waals surface area contributed by atoms with E-state index in [1.54, 1.807) is 24.3 Å². The van der Waals surface area contributed by atoms with Crippen LogP contribution in [0.4, 0.5) is 8.78 Å². The third kappa shape index (κ3) is 10.5. The lowest BCUT2D eigenvalue weighted by Gasteiger charge is -2.11. The van der Waals surface area contributed by atoms with Gasteiger partial charge in [-0.05, 0) is 78.4 Å². The number of aromatic carboxylic acids is 1. The number of nitrogens with zero attached hydrogens (tertiary/aromatic N) is 2. The zero-order valence-corrected chi connectivity index (χ0v) is 25.8. The minimum atomic E-state index is -1.21. The second kappa shape index (κ2) is 17.4. The molecule has 248 valence electrons. The summed E-state index contributed by atoms with van der Waals surface area (Å²) >= 11 is 11.6. The molecule has 48 heavy (non-hydrogen) atoms. The number of methoxy groups -OCH3 is 1. The van der Waals surface area contributed by atoms with Crippen LogP contribution in [0.5, 0.6) is 23.3 Å². The molecule has 2 heterocycles. The quantitative estimate of drug-likeness (QED) is 0.146. The third-order valence-corrected chi connectivity index (χ3v) is 6.41. The van der Waals surface area contributed by atoms with Crippen molar-refractivity contribution in [2.75, 3.05) is 7.11 Å². The van der Waals surface area contributed by atoms with Crippen LogP contribution in [0.2, 0.25) is 10.0 Å². The van der Waals surface area contributed by atoms with Crippen molar-refractivity contribution in [2.45, 2.75) is 14.0 Å². The molecule has 2 N–H and O–H groups in total. The Morgan fingerprint density at radius 3 is 1.67 bits per heavy atom. The Labute approximate surface area is 283 Å². The highest BCUT2D eigenvalue weighted by Crippen LogP contribution is 2.27. The van der Waals surface area contributed by atoms with Gasteiger partial charge in [-0.1, -0.05) is 42.8 Å². The van der Waals surface area contributed by atoms with Crippen molar-refractivity contribution in [1.82, 2.24) is 15.3 Å². The Hall–Kier alpha value is -5.59. The first-order chi connectivity index (χ1) is 22.5. The number of carboxylic acids is 1. The Kier molecular flexibility index (Phi) is 13.3. The number of carboxylic acid groups (broad SMARTS) is 1. The number of halogens is 4. The van der Waals surface area contributed by atoms with Gasteiger partial charge in [0.2, 0.25) is 11.8 Å². The van der Waals surface area contributed by atoms with Crippen LogP contribution < -0.4 is 14.8 Å². The Morgan fingerprint density at radius 1 is 0.750 bits per heavy atom. The van der Waals surface area contributed by atoms with Crippen LogP contribution in [0.3, 0.4) is 0 Å². The number of rotatable bonds is 9. The van der Waals surface area contributed by atoms with Gasteiger partial charge < -0.3 is 24.6 Å². The number of benzene rings is 3. The Balaban J connectivity index is 0.000000283. The van der Waals surface area contributed by atoms with E-state index < -0.39 is 29.5 Å². The molecule has 0 aliphatic rings. The average Bonchev–Trinajstić information content (AvgIpc) is 3.07. The number of carbonyl (C=O) groups is 3. The van der Waals surface area contributed by atoms with Crippen molar-refractivity contribution in [3.63, 3.8) is 0 Å². The highest BCUT2D eigenvalue weighted by atomic mass is 35.5. The van der Waals surface area contributed by atoms with E-state index in [-0.39, 0.29) is 52.7 Å². The molecule has 3 aromatic carbocycles. The summed E-state index contributed by atoms with van der Waals surface area (Å²) in [5.74, 6) is -2.35. The molecule has 0 saturated carbocycles. The fourth-order valence-corrected chi connectivity index (χ4v) is 4.03. The molecule has 0 aliphatic heterocycles. The van der Waals surface area contributed by atoms with E-state index in [1.165, 1.54) is 80.2 Å². The zero-order valence-electron chi connectivity index (χ0n) is 24.2. The normalized spacial score (nSPS) is 10.0. The summed E-state index contributed by atoms with van der Waals surface area (Å²) in [5, 5.41) is 12.2. The molecule has 5 rings (SSSR count). The Bertz CT molecular complexity index is 1880. The number of esters is 1. The van der Waals surface area contributed by atoms with Gasteiger partial charge in [0, 0.05) is 18.9 Å². The minimum absolute atomic E-state index is 0. The fourth-order valence-electron chi connectivity index (χ4n) is 3.71. The Morgan fingerprint density at radius 2 is 1.21 bits per heavy atom. The van der Waals surface area contributed by atoms with Crippen LogP contribution in [-0.2, 0) is 11.3 Å². The summed E-state index contributed by atoms with van der Waals surface area (Å²) in [6.45, 7) is 0.211. The van der Waals surface area contributed by atoms with E-state index in [9.17, 15) is 23.2 Å². The molecule has 0 aliphatic carbocycles. The van der Waals surface area contributed by atoms with Crippen LogP contribution in [-0.4, -0.2) is 40.0 Å². The van der Waals surface area contributed by atoms with Gasteiger partial charge in [0.05, 0.1) is 22.7 Å². The summed E-state index contributed by atoms with van der Waals surface area (Å²) in [5.41, 5.74) is 1.17. The molecule has 0 unspecified atom stereocenters. The first-order valence-corrected chi connectivity index (χ1v) is 14.1. The molecule has 0 fully saturated rings. The lowest BCUT2D eigenvalue weighted by atomic mass is 10.1. The molecule has 2 aromatic heterocycles. The van der Waals surface area contributed by atoms with Gasteiger partial charge in [0.15, 0.2) is 0 Å². The first-order valence-electron chi connectivity index (χ1n) is 13.4. The number of carbonyl (C=O) groups excluding carboxylic acids is 2. The number of hydrogen-bond acceptors (Lipinski definition) is 8. The predicted molar refractivity (Wildman–Crippen MR) is 174 cm³/mol. The van der Waals surface area contributed by atoms with E-state index in [1.807, 2.05) is 0 Å². The van der Waals surface area contributed by atoms with Gasteiger partial charge in [0.25, 0.3) is 5.91 Å². The molecular weight excluding hydrogens is 671 g/mol. The number of hydrogen-bond donors (Lipinski definition) is 2. The topological polar surface area (TPSA) is 137 Å². The van der Waals surface area contributed by atoms with Gasteiger partial charge >= 0.3 is 11.9 Å². The average molecular weight is 699 g/mol.